The molecule has 0 spiro atoms. The van der Waals surface area contributed by atoms with E-state index in [-0.39, 0.29) is 11.5 Å². The molecule has 0 fully saturated rings. The molecule has 1 amide bonds. The molecule has 1 aliphatic rings. The van der Waals surface area contributed by atoms with E-state index >= 15 is 0 Å². The SMILES string of the molecule is COc1cc(/C=C(\C#N)C(=O)N2CCc3ccccc32)cc(Br)c1OCc1ccccc1. The number of halogens is 1. The minimum Gasteiger partial charge on any atom is -0.493 e. The molecule has 1 heterocycles. The molecule has 0 aliphatic carbocycles. The van der Waals surface area contributed by atoms with Crippen molar-refractivity contribution in [3.8, 4) is 17.6 Å². The lowest BCUT2D eigenvalue weighted by Crippen LogP contribution is -2.29. The molecule has 0 bridgehead atoms. The first-order valence-electron chi connectivity index (χ1n) is 10.2. The number of amides is 1. The Morgan fingerprint density at radius 2 is 1.91 bits per heavy atom. The lowest BCUT2D eigenvalue weighted by atomic mass is 10.1. The number of carbonyl (C=O) groups is 1. The van der Waals surface area contributed by atoms with Crippen molar-refractivity contribution >= 4 is 33.6 Å². The smallest absolute Gasteiger partial charge is 0.268 e. The first-order valence-corrected chi connectivity index (χ1v) is 11.0. The van der Waals surface area contributed by atoms with E-state index in [1.165, 1.54) is 0 Å². The van der Waals surface area contributed by atoms with Crippen molar-refractivity contribution in [3.05, 3.63) is 93.5 Å². The second-order valence-corrected chi connectivity index (χ2v) is 8.17. The highest BCUT2D eigenvalue weighted by atomic mass is 79.9. The minimum atomic E-state index is -0.308. The standard InChI is InChI=1S/C26H21BrN2O3/c1-31-24-15-19(14-22(27)25(24)32-17-18-7-3-2-4-8-18)13-21(16-28)26(30)29-12-11-20-9-5-6-10-23(20)29/h2-10,13-15H,11-12,17H2,1H3/b21-13+. The van der Waals surface area contributed by atoms with Crippen LogP contribution in [0.4, 0.5) is 5.69 Å². The molecule has 5 nitrogen and oxygen atoms in total. The zero-order valence-corrected chi connectivity index (χ0v) is 19.1. The number of methoxy groups -OCH3 is 1. The summed E-state index contributed by atoms with van der Waals surface area (Å²) in [5.41, 5.74) is 3.74. The van der Waals surface area contributed by atoms with Gasteiger partial charge < -0.3 is 14.4 Å². The van der Waals surface area contributed by atoms with Gasteiger partial charge in [0.15, 0.2) is 11.5 Å². The molecule has 1 aliphatic heterocycles. The van der Waals surface area contributed by atoms with Crippen molar-refractivity contribution in [3.63, 3.8) is 0 Å². The van der Waals surface area contributed by atoms with Crippen LogP contribution in [0.3, 0.4) is 0 Å². The molecular formula is C26H21BrN2O3. The molecule has 3 aromatic carbocycles. The highest BCUT2D eigenvalue weighted by molar-refractivity contribution is 9.10. The molecule has 0 atom stereocenters. The molecule has 0 unspecified atom stereocenters. The Labute approximate surface area is 195 Å². The van der Waals surface area contributed by atoms with Crippen molar-refractivity contribution in [1.29, 1.82) is 5.26 Å². The normalized spacial score (nSPS) is 12.8. The summed E-state index contributed by atoms with van der Waals surface area (Å²) in [5.74, 6) is 0.765. The summed E-state index contributed by atoms with van der Waals surface area (Å²) in [6.07, 6.45) is 2.37. The molecule has 0 saturated heterocycles. The maximum Gasteiger partial charge on any atom is 0.268 e. The molecule has 0 N–H and O–H groups in total. The van der Waals surface area contributed by atoms with E-state index < -0.39 is 0 Å². The van der Waals surface area contributed by atoms with Crippen LogP contribution >= 0.6 is 15.9 Å². The van der Waals surface area contributed by atoms with E-state index in [9.17, 15) is 10.1 Å². The van der Waals surface area contributed by atoms with Crippen LogP contribution in [0.5, 0.6) is 11.5 Å². The number of fused-ring (bicyclic) bond motifs is 1. The van der Waals surface area contributed by atoms with Gasteiger partial charge in [0.1, 0.15) is 18.2 Å². The maximum atomic E-state index is 13.1. The van der Waals surface area contributed by atoms with Crippen LogP contribution in [-0.4, -0.2) is 19.6 Å². The van der Waals surface area contributed by atoms with Crippen LogP contribution < -0.4 is 14.4 Å². The largest absolute Gasteiger partial charge is 0.493 e. The molecular weight excluding hydrogens is 468 g/mol. The van der Waals surface area contributed by atoms with Gasteiger partial charge in [0.05, 0.1) is 11.6 Å². The molecule has 160 valence electrons. The van der Waals surface area contributed by atoms with Crippen molar-refractivity contribution in [2.45, 2.75) is 13.0 Å². The van der Waals surface area contributed by atoms with Crippen LogP contribution in [0.2, 0.25) is 0 Å². The zero-order valence-electron chi connectivity index (χ0n) is 17.5. The van der Waals surface area contributed by atoms with Crippen LogP contribution in [0.15, 0.2) is 76.8 Å². The molecule has 32 heavy (non-hydrogen) atoms. The van der Waals surface area contributed by atoms with Crippen LogP contribution in [0.25, 0.3) is 6.08 Å². The fourth-order valence-corrected chi connectivity index (χ4v) is 4.27. The molecule has 0 radical (unpaired) electrons. The number of rotatable bonds is 6. The number of anilines is 1. The van der Waals surface area contributed by atoms with E-state index in [0.717, 1.165) is 23.2 Å². The van der Waals surface area contributed by atoms with Crippen LogP contribution in [0, 0.1) is 11.3 Å². The van der Waals surface area contributed by atoms with Crippen molar-refractivity contribution in [2.24, 2.45) is 0 Å². The third-order valence-corrected chi connectivity index (χ3v) is 5.86. The Morgan fingerprint density at radius 3 is 2.66 bits per heavy atom. The molecule has 3 aromatic rings. The predicted octanol–water partition coefficient (Wildman–Crippen LogP) is 5.53. The number of carbonyl (C=O) groups excluding carboxylic acids is 1. The number of nitrogens with zero attached hydrogens (tertiary/aromatic N) is 2. The number of nitriles is 1. The highest BCUT2D eigenvalue weighted by Gasteiger charge is 2.26. The maximum absolute atomic E-state index is 13.1. The number of hydrogen-bond donors (Lipinski definition) is 0. The summed E-state index contributed by atoms with van der Waals surface area (Å²) in [6.45, 7) is 0.956. The van der Waals surface area contributed by atoms with Gasteiger partial charge in [-0.15, -0.1) is 0 Å². The lowest BCUT2D eigenvalue weighted by Gasteiger charge is -2.17. The second-order valence-electron chi connectivity index (χ2n) is 7.31. The van der Waals surface area contributed by atoms with Gasteiger partial charge >= 0.3 is 0 Å². The Kier molecular flexibility index (Phi) is 6.58. The van der Waals surface area contributed by atoms with E-state index in [0.29, 0.717) is 34.7 Å². The fourth-order valence-electron chi connectivity index (χ4n) is 3.70. The summed E-state index contributed by atoms with van der Waals surface area (Å²) in [5, 5.41) is 9.69. The lowest BCUT2D eigenvalue weighted by molar-refractivity contribution is -0.114. The van der Waals surface area contributed by atoms with Gasteiger partial charge in [-0.1, -0.05) is 48.5 Å². The summed E-state index contributed by atoms with van der Waals surface area (Å²) in [7, 11) is 1.56. The van der Waals surface area contributed by atoms with Crippen molar-refractivity contribution in [1.82, 2.24) is 0 Å². The quantitative estimate of drug-likeness (QED) is 0.337. The van der Waals surface area contributed by atoms with Gasteiger partial charge in [-0.2, -0.15) is 5.26 Å². The molecule has 6 heteroatoms. The average Bonchev–Trinajstić information content (AvgIpc) is 3.26. The van der Waals surface area contributed by atoms with Crippen molar-refractivity contribution < 1.29 is 14.3 Å². The number of para-hydroxylation sites is 1. The summed E-state index contributed by atoms with van der Waals surface area (Å²) >= 11 is 3.54. The van der Waals surface area contributed by atoms with Gasteiger partial charge in [-0.3, -0.25) is 4.79 Å². The Balaban J connectivity index is 1.59. The fraction of sp³-hybridized carbons (Fsp3) is 0.154. The monoisotopic (exact) mass is 488 g/mol. The van der Waals surface area contributed by atoms with Gasteiger partial charge in [0.25, 0.3) is 5.91 Å². The average molecular weight is 489 g/mol. The summed E-state index contributed by atoms with van der Waals surface area (Å²) in [4.78, 5) is 14.7. The van der Waals surface area contributed by atoms with Gasteiger partial charge in [-0.25, -0.2) is 0 Å². The Hall–Kier alpha value is -3.56. The van der Waals surface area contributed by atoms with Gasteiger partial charge in [0.2, 0.25) is 0 Å². The van der Waals surface area contributed by atoms with Gasteiger partial charge in [-0.05, 0) is 63.3 Å². The van der Waals surface area contributed by atoms with Gasteiger partial charge in [0, 0.05) is 12.2 Å². The van der Waals surface area contributed by atoms with E-state index in [4.69, 9.17) is 9.47 Å². The van der Waals surface area contributed by atoms with Crippen LogP contribution in [0.1, 0.15) is 16.7 Å². The second kappa shape index (κ2) is 9.71. The Bertz CT molecular complexity index is 1220. The highest BCUT2D eigenvalue weighted by Crippen LogP contribution is 2.38. The molecule has 4 rings (SSSR count). The van der Waals surface area contributed by atoms with Crippen molar-refractivity contribution in [2.75, 3.05) is 18.6 Å². The zero-order chi connectivity index (χ0) is 22.5. The van der Waals surface area contributed by atoms with Crippen LogP contribution in [-0.2, 0) is 17.8 Å². The third-order valence-electron chi connectivity index (χ3n) is 5.27. The summed E-state index contributed by atoms with van der Waals surface area (Å²) in [6, 6.07) is 23.2. The third kappa shape index (κ3) is 4.53. The molecule has 0 saturated carbocycles. The number of benzene rings is 3. The topological polar surface area (TPSA) is 62.6 Å². The molecule has 0 aromatic heterocycles. The first kappa shape index (κ1) is 21.7. The Morgan fingerprint density at radius 1 is 1.16 bits per heavy atom. The minimum absolute atomic E-state index is 0.0635. The number of ether oxygens (including phenoxy) is 2. The first-order chi connectivity index (χ1) is 15.6. The number of hydrogen-bond acceptors (Lipinski definition) is 4. The summed E-state index contributed by atoms with van der Waals surface area (Å²) < 4.78 is 12.2. The predicted molar refractivity (Wildman–Crippen MR) is 128 cm³/mol. The van der Waals surface area contributed by atoms with E-state index in [1.54, 1.807) is 24.2 Å². The van der Waals surface area contributed by atoms with E-state index in [2.05, 4.69) is 22.0 Å². The van der Waals surface area contributed by atoms with E-state index in [1.807, 2.05) is 60.7 Å².